The van der Waals surface area contributed by atoms with E-state index in [1.165, 1.54) is 4.90 Å². The fourth-order valence-corrected chi connectivity index (χ4v) is 3.57. The quantitative estimate of drug-likeness (QED) is 0.177. The lowest BCUT2D eigenvalue weighted by Gasteiger charge is -2.30. The Kier molecular flexibility index (Phi) is 10.7. The minimum atomic E-state index is -1.42. The molecule has 0 spiro atoms. The smallest absolute Gasteiger partial charge is 0.326 e. The first-order valence-electron chi connectivity index (χ1n) is 10.7. The van der Waals surface area contributed by atoms with Gasteiger partial charge < -0.3 is 37.2 Å². The second-order valence-corrected chi connectivity index (χ2v) is 8.49. The first-order chi connectivity index (χ1) is 15.3. The normalized spacial score (nSPS) is 18.3. The highest BCUT2D eigenvalue weighted by Crippen LogP contribution is 2.20. The van der Waals surface area contributed by atoms with Crippen molar-refractivity contribution < 1.29 is 39.0 Å². The Balaban J connectivity index is 2.98. The average molecular weight is 472 g/mol. The van der Waals surface area contributed by atoms with Crippen LogP contribution >= 0.6 is 0 Å². The summed E-state index contributed by atoms with van der Waals surface area (Å²) in [5, 5.41) is 23.0. The van der Waals surface area contributed by atoms with Gasteiger partial charge in [-0.1, -0.05) is 13.8 Å². The molecular weight excluding hydrogens is 438 g/mol. The third kappa shape index (κ3) is 9.04. The third-order valence-corrected chi connectivity index (χ3v) is 5.19. The number of carbonyl (C=O) groups excluding carboxylic acids is 4. The van der Waals surface area contributed by atoms with Crippen LogP contribution < -0.4 is 22.1 Å². The molecule has 0 aromatic carbocycles. The van der Waals surface area contributed by atoms with Gasteiger partial charge in [-0.15, -0.1) is 0 Å². The van der Waals surface area contributed by atoms with Crippen molar-refractivity contribution in [2.75, 3.05) is 6.54 Å². The molecule has 186 valence electrons. The number of carboxylic acid groups (broad SMARTS) is 2. The van der Waals surface area contributed by atoms with E-state index < -0.39 is 66.2 Å². The highest BCUT2D eigenvalue weighted by atomic mass is 16.4. The van der Waals surface area contributed by atoms with Crippen LogP contribution in [0.15, 0.2) is 0 Å². The minimum absolute atomic E-state index is 0.0103. The van der Waals surface area contributed by atoms with Gasteiger partial charge in [0.15, 0.2) is 0 Å². The molecule has 33 heavy (non-hydrogen) atoms. The largest absolute Gasteiger partial charge is 0.481 e. The van der Waals surface area contributed by atoms with E-state index in [4.69, 9.17) is 16.6 Å². The van der Waals surface area contributed by atoms with Gasteiger partial charge in [-0.25, -0.2) is 4.79 Å². The topological polar surface area (TPSA) is 222 Å². The zero-order chi connectivity index (χ0) is 25.3. The summed E-state index contributed by atoms with van der Waals surface area (Å²) in [6.45, 7) is 3.81. The molecule has 4 unspecified atom stereocenters. The number of primary amides is 1. The van der Waals surface area contributed by atoms with Gasteiger partial charge in [-0.05, 0) is 31.6 Å². The van der Waals surface area contributed by atoms with Gasteiger partial charge in [0, 0.05) is 13.0 Å². The molecule has 4 amide bonds. The van der Waals surface area contributed by atoms with Crippen molar-refractivity contribution in [2.24, 2.45) is 17.4 Å². The van der Waals surface area contributed by atoms with Crippen LogP contribution in [0.4, 0.5) is 0 Å². The molecule has 1 aliphatic rings. The van der Waals surface area contributed by atoms with E-state index in [-0.39, 0.29) is 31.7 Å². The minimum Gasteiger partial charge on any atom is -0.481 e. The first-order valence-corrected chi connectivity index (χ1v) is 10.7. The number of aliphatic carboxylic acids is 2. The Labute approximate surface area is 191 Å². The van der Waals surface area contributed by atoms with Crippen molar-refractivity contribution in [1.82, 2.24) is 15.5 Å². The standard InChI is InChI=1S/C20H33N5O8/c1-10(2)8-13(20(32)33)24-18(30)14-4-3-7-25(14)19(31)12(5-6-15(22)26)23-17(29)11(21)9-16(27)28/h10-14H,3-9,21H2,1-2H3,(H2,22,26)(H,23,29)(H,24,30)(H,27,28)(H,32,33). The molecule has 1 rings (SSSR count). The van der Waals surface area contributed by atoms with Crippen LogP contribution in [0, 0.1) is 5.92 Å². The fourth-order valence-electron chi connectivity index (χ4n) is 3.57. The second kappa shape index (κ2) is 12.7. The third-order valence-electron chi connectivity index (χ3n) is 5.19. The summed E-state index contributed by atoms with van der Waals surface area (Å²) in [5.74, 6) is -5.39. The van der Waals surface area contributed by atoms with Crippen LogP contribution in [0.1, 0.15) is 52.4 Å². The number of hydrogen-bond acceptors (Lipinski definition) is 7. The molecule has 0 saturated carbocycles. The number of nitrogens with one attached hydrogen (secondary N) is 2. The molecule has 1 heterocycles. The molecule has 8 N–H and O–H groups in total. The van der Waals surface area contributed by atoms with Crippen molar-refractivity contribution in [2.45, 2.75) is 76.5 Å². The van der Waals surface area contributed by atoms with E-state index in [1.807, 2.05) is 13.8 Å². The Hall–Kier alpha value is -3.22. The van der Waals surface area contributed by atoms with Crippen molar-refractivity contribution in [3.8, 4) is 0 Å². The number of amides is 4. The molecule has 1 saturated heterocycles. The highest BCUT2D eigenvalue weighted by molar-refractivity contribution is 5.95. The van der Waals surface area contributed by atoms with Gasteiger partial charge >= 0.3 is 11.9 Å². The van der Waals surface area contributed by atoms with Gasteiger partial charge in [-0.2, -0.15) is 0 Å². The summed E-state index contributed by atoms with van der Waals surface area (Å²) in [5.41, 5.74) is 10.7. The summed E-state index contributed by atoms with van der Waals surface area (Å²) in [6, 6.07) is -4.75. The summed E-state index contributed by atoms with van der Waals surface area (Å²) in [7, 11) is 0. The number of nitrogens with two attached hydrogens (primary N) is 2. The molecule has 1 aliphatic heterocycles. The Morgan fingerprint density at radius 3 is 2.21 bits per heavy atom. The molecule has 4 atom stereocenters. The van der Waals surface area contributed by atoms with Crippen LogP contribution in [0.2, 0.25) is 0 Å². The Morgan fingerprint density at radius 2 is 1.70 bits per heavy atom. The van der Waals surface area contributed by atoms with Gasteiger partial charge in [-0.3, -0.25) is 24.0 Å². The van der Waals surface area contributed by atoms with E-state index in [1.54, 1.807) is 0 Å². The number of likely N-dealkylation sites (tertiary alicyclic amines) is 1. The molecule has 13 heteroatoms. The van der Waals surface area contributed by atoms with Crippen molar-refractivity contribution in [1.29, 1.82) is 0 Å². The van der Waals surface area contributed by atoms with E-state index in [2.05, 4.69) is 10.6 Å². The maximum Gasteiger partial charge on any atom is 0.326 e. The summed E-state index contributed by atoms with van der Waals surface area (Å²) >= 11 is 0. The van der Waals surface area contributed by atoms with Crippen molar-refractivity contribution >= 4 is 35.6 Å². The van der Waals surface area contributed by atoms with E-state index >= 15 is 0 Å². The monoisotopic (exact) mass is 471 g/mol. The van der Waals surface area contributed by atoms with Crippen LogP contribution in [0.5, 0.6) is 0 Å². The van der Waals surface area contributed by atoms with Gasteiger partial charge in [0.25, 0.3) is 0 Å². The predicted octanol–water partition coefficient (Wildman–Crippen LogP) is -1.85. The zero-order valence-corrected chi connectivity index (χ0v) is 18.8. The molecule has 0 radical (unpaired) electrons. The lowest BCUT2D eigenvalue weighted by molar-refractivity contribution is -0.145. The summed E-state index contributed by atoms with van der Waals surface area (Å²) < 4.78 is 0. The van der Waals surface area contributed by atoms with E-state index in [9.17, 15) is 33.9 Å². The highest BCUT2D eigenvalue weighted by Gasteiger charge is 2.39. The van der Waals surface area contributed by atoms with Gasteiger partial charge in [0.1, 0.15) is 18.1 Å². The SMILES string of the molecule is CC(C)CC(NC(=O)C1CCCN1C(=O)C(CCC(N)=O)NC(=O)C(N)CC(=O)O)C(=O)O. The predicted molar refractivity (Wildman–Crippen MR) is 114 cm³/mol. The van der Waals surface area contributed by atoms with Crippen LogP contribution in [0.25, 0.3) is 0 Å². The second-order valence-electron chi connectivity index (χ2n) is 8.49. The molecule has 0 bridgehead atoms. The lowest BCUT2D eigenvalue weighted by atomic mass is 10.0. The molecule has 13 nitrogen and oxygen atoms in total. The number of carboxylic acids is 2. The summed E-state index contributed by atoms with van der Waals surface area (Å²) in [4.78, 5) is 72.9. The Bertz CT molecular complexity index is 772. The molecule has 0 aromatic heterocycles. The van der Waals surface area contributed by atoms with Crippen LogP contribution in [0.3, 0.4) is 0 Å². The van der Waals surface area contributed by atoms with Crippen LogP contribution in [-0.4, -0.2) is 81.4 Å². The van der Waals surface area contributed by atoms with Crippen LogP contribution in [-0.2, 0) is 28.8 Å². The van der Waals surface area contributed by atoms with E-state index in [0.717, 1.165) is 0 Å². The van der Waals surface area contributed by atoms with Gasteiger partial charge in [0.2, 0.25) is 23.6 Å². The van der Waals surface area contributed by atoms with E-state index in [0.29, 0.717) is 12.8 Å². The number of nitrogens with zero attached hydrogens (tertiary/aromatic N) is 1. The maximum atomic E-state index is 13.2. The molecule has 0 aliphatic carbocycles. The summed E-state index contributed by atoms with van der Waals surface area (Å²) in [6.07, 6.45) is -0.105. The molecule has 1 fully saturated rings. The molecule has 0 aromatic rings. The molecular formula is C20H33N5O8. The number of carbonyl (C=O) groups is 6. The lowest BCUT2D eigenvalue weighted by Crippen LogP contribution is -2.57. The number of hydrogen-bond donors (Lipinski definition) is 6. The first kappa shape index (κ1) is 27.8. The van der Waals surface area contributed by atoms with Crippen molar-refractivity contribution in [3.63, 3.8) is 0 Å². The fraction of sp³-hybridized carbons (Fsp3) is 0.700. The average Bonchev–Trinajstić information content (AvgIpc) is 3.18. The van der Waals surface area contributed by atoms with Crippen molar-refractivity contribution in [3.05, 3.63) is 0 Å². The zero-order valence-electron chi connectivity index (χ0n) is 18.8. The maximum absolute atomic E-state index is 13.2. The Morgan fingerprint density at radius 1 is 1.06 bits per heavy atom. The number of rotatable bonds is 13. The van der Waals surface area contributed by atoms with Gasteiger partial charge in [0.05, 0.1) is 12.5 Å².